The molecule has 1 atom stereocenters. The molecule has 1 aliphatic rings. The van der Waals surface area contributed by atoms with E-state index in [1.54, 1.807) is 11.8 Å². The Kier molecular flexibility index (Phi) is 5.31. The second-order valence-electron chi connectivity index (χ2n) is 7.11. The largest absolute Gasteiger partial charge is 0.356 e. The molecule has 2 heterocycles. The molecule has 1 saturated heterocycles. The maximum Gasteiger partial charge on any atom is 0.150 e. The fourth-order valence-corrected chi connectivity index (χ4v) is 4.23. The number of rotatable bonds is 2. The van der Waals surface area contributed by atoms with Crippen LogP contribution in [0.1, 0.15) is 31.1 Å². The van der Waals surface area contributed by atoms with Gasteiger partial charge in [-0.25, -0.2) is 4.68 Å². The van der Waals surface area contributed by atoms with E-state index in [9.17, 15) is 0 Å². The third-order valence-corrected chi connectivity index (χ3v) is 6.04. The van der Waals surface area contributed by atoms with Gasteiger partial charge in [-0.2, -0.15) is 5.10 Å². The van der Waals surface area contributed by atoms with E-state index in [0.29, 0.717) is 5.02 Å². The highest BCUT2D eigenvalue weighted by molar-refractivity contribution is 7.98. The number of benzene rings is 1. The lowest BCUT2D eigenvalue weighted by molar-refractivity contribution is -0.0366. The molecule has 1 aromatic heterocycles. The quantitative estimate of drug-likeness (QED) is 0.401. The smallest absolute Gasteiger partial charge is 0.150 e. The molecule has 0 saturated carbocycles. The van der Waals surface area contributed by atoms with E-state index in [-0.39, 0.29) is 6.23 Å². The van der Waals surface area contributed by atoms with Gasteiger partial charge in [-0.05, 0) is 31.6 Å². The van der Waals surface area contributed by atoms with Gasteiger partial charge >= 0.3 is 0 Å². The molecule has 24 heavy (non-hydrogen) atoms. The Morgan fingerprint density at radius 1 is 1.38 bits per heavy atom. The van der Waals surface area contributed by atoms with E-state index >= 15 is 0 Å². The number of hydrogen-bond donors (Lipinski definition) is 0. The van der Waals surface area contributed by atoms with Gasteiger partial charge in [0.1, 0.15) is 8.07 Å². The Labute approximate surface area is 154 Å². The van der Waals surface area contributed by atoms with Gasteiger partial charge in [0.25, 0.3) is 0 Å². The van der Waals surface area contributed by atoms with Gasteiger partial charge in [0, 0.05) is 16.9 Å². The lowest BCUT2D eigenvalue weighted by Gasteiger charge is -2.23. The van der Waals surface area contributed by atoms with Crippen molar-refractivity contribution in [3.05, 3.63) is 22.8 Å². The van der Waals surface area contributed by atoms with Crippen LogP contribution >= 0.6 is 23.4 Å². The van der Waals surface area contributed by atoms with E-state index in [4.69, 9.17) is 16.3 Å². The van der Waals surface area contributed by atoms with Gasteiger partial charge in [-0.15, -0.1) is 17.3 Å². The van der Waals surface area contributed by atoms with Crippen LogP contribution in [-0.4, -0.2) is 30.7 Å². The van der Waals surface area contributed by atoms with Gasteiger partial charge in [-0.1, -0.05) is 37.2 Å². The van der Waals surface area contributed by atoms with Crippen LogP contribution in [0, 0.1) is 11.5 Å². The second kappa shape index (κ2) is 7.13. The Hall–Kier alpha value is -0.933. The van der Waals surface area contributed by atoms with E-state index in [1.807, 2.05) is 10.9 Å². The van der Waals surface area contributed by atoms with Crippen molar-refractivity contribution in [1.29, 1.82) is 0 Å². The summed E-state index contributed by atoms with van der Waals surface area (Å²) in [5.74, 6) is 3.34. The SMILES string of the molecule is CSc1cc2c(cnn2C2CCCCO2)c(Cl)c1C#C[Si](C)(C)C. The highest BCUT2D eigenvalue weighted by atomic mass is 35.5. The number of aromatic nitrogens is 2. The summed E-state index contributed by atoms with van der Waals surface area (Å²) in [6.07, 6.45) is 7.23. The maximum atomic E-state index is 6.71. The molecular weight excluding hydrogens is 356 g/mol. The standard InChI is InChI=1S/C18H23ClN2OSSi/c1-23-16-11-15-14(18(19)13(16)8-10-24(2,3)4)12-20-21(15)17-7-5-6-9-22-17/h11-12,17H,5-7,9H2,1-4H3. The Morgan fingerprint density at radius 3 is 2.79 bits per heavy atom. The van der Waals surface area contributed by atoms with Crippen LogP contribution in [0.4, 0.5) is 0 Å². The molecule has 3 nitrogen and oxygen atoms in total. The van der Waals surface area contributed by atoms with Crippen molar-refractivity contribution in [2.45, 2.75) is 50.0 Å². The van der Waals surface area contributed by atoms with Gasteiger partial charge in [0.15, 0.2) is 6.23 Å². The van der Waals surface area contributed by atoms with Crippen molar-refractivity contribution in [3.8, 4) is 11.5 Å². The van der Waals surface area contributed by atoms with Gasteiger partial charge < -0.3 is 4.74 Å². The Balaban J connectivity index is 2.12. The first-order valence-electron chi connectivity index (χ1n) is 8.29. The molecule has 1 unspecified atom stereocenters. The molecule has 0 N–H and O–H groups in total. The molecule has 1 aromatic carbocycles. The molecule has 128 valence electrons. The van der Waals surface area contributed by atoms with E-state index in [2.05, 4.69) is 48.5 Å². The minimum absolute atomic E-state index is 0.0148. The molecule has 0 radical (unpaired) electrons. The van der Waals surface area contributed by atoms with Crippen LogP contribution in [0.25, 0.3) is 10.9 Å². The maximum absolute atomic E-state index is 6.71. The van der Waals surface area contributed by atoms with E-state index in [1.165, 1.54) is 6.42 Å². The summed E-state index contributed by atoms with van der Waals surface area (Å²) < 4.78 is 7.88. The number of nitrogens with zero attached hydrogens (tertiary/aromatic N) is 2. The van der Waals surface area contributed by atoms with Gasteiger partial charge in [-0.3, -0.25) is 0 Å². The van der Waals surface area contributed by atoms with Crippen molar-refractivity contribution in [2.75, 3.05) is 12.9 Å². The summed E-state index contributed by atoms with van der Waals surface area (Å²) in [5.41, 5.74) is 5.40. The zero-order valence-corrected chi connectivity index (χ0v) is 17.2. The third kappa shape index (κ3) is 3.67. The predicted molar refractivity (Wildman–Crippen MR) is 106 cm³/mol. The molecule has 1 fully saturated rings. The highest BCUT2D eigenvalue weighted by Crippen LogP contribution is 2.36. The fourth-order valence-electron chi connectivity index (χ4n) is 2.80. The average Bonchev–Trinajstić information content (AvgIpc) is 2.97. The fraction of sp³-hybridized carbons (Fsp3) is 0.500. The molecule has 0 bridgehead atoms. The van der Waals surface area contributed by atoms with Crippen molar-refractivity contribution in [3.63, 3.8) is 0 Å². The first kappa shape index (κ1) is 17.9. The highest BCUT2D eigenvalue weighted by Gasteiger charge is 2.21. The van der Waals surface area contributed by atoms with Crippen LogP contribution in [-0.2, 0) is 4.74 Å². The number of halogens is 1. The van der Waals surface area contributed by atoms with Crippen LogP contribution in [0.15, 0.2) is 17.2 Å². The number of fused-ring (bicyclic) bond motifs is 1. The summed E-state index contributed by atoms with van der Waals surface area (Å²) in [7, 11) is -1.46. The Bertz CT molecular complexity index is 810. The summed E-state index contributed by atoms with van der Waals surface area (Å²) in [5, 5.41) is 6.24. The normalized spacial score (nSPS) is 18.5. The van der Waals surface area contributed by atoms with Crippen LogP contribution < -0.4 is 0 Å². The first-order valence-corrected chi connectivity index (χ1v) is 13.4. The first-order chi connectivity index (χ1) is 11.4. The average molecular weight is 379 g/mol. The minimum Gasteiger partial charge on any atom is -0.356 e. The van der Waals surface area contributed by atoms with Crippen molar-refractivity contribution >= 4 is 42.3 Å². The third-order valence-electron chi connectivity index (χ3n) is 4.02. The van der Waals surface area contributed by atoms with Crippen LogP contribution in [0.3, 0.4) is 0 Å². The summed E-state index contributed by atoms with van der Waals surface area (Å²) in [6.45, 7) is 7.52. The molecular formula is C18H23ClN2OSSi. The lowest BCUT2D eigenvalue weighted by atomic mass is 10.1. The van der Waals surface area contributed by atoms with Crippen molar-refractivity contribution in [2.24, 2.45) is 0 Å². The number of thioether (sulfide) groups is 1. The zero-order chi connectivity index (χ0) is 17.3. The minimum atomic E-state index is -1.46. The van der Waals surface area contributed by atoms with Crippen molar-refractivity contribution < 1.29 is 4.74 Å². The van der Waals surface area contributed by atoms with Gasteiger partial charge in [0.05, 0.1) is 22.3 Å². The summed E-state index contributed by atoms with van der Waals surface area (Å²) in [4.78, 5) is 1.11. The topological polar surface area (TPSA) is 27.1 Å². The zero-order valence-electron chi connectivity index (χ0n) is 14.6. The van der Waals surface area contributed by atoms with Crippen LogP contribution in [0.2, 0.25) is 24.7 Å². The summed E-state index contributed by atoms with van der Waals surface area (Å²) in [6, 6.07) is 2.16. The molecule has 3 rings (SSSR count). The molecule has 1 aliphatic heterocycles. The molecule has 0 amide bonds. The Morgan fingerprint density at radius 2 is 2.17 bits per heavy atom. The molecule has 2 aromatic rings. The van der Waals surface area contributed by atoms with Crippen molar-refractivity contribution in [1.82, 2.24) is 9.78 Å². The summed E-state index contributed by atoms with van der Waals surface area (Å²) >= 11 is 8.39. The molecule has 6 heteroatoms. The van der Waals surface area contributed by atoms with Gasteiger partial charge in [0.2, 0.25) is 0 Å². The monoisotopic (exact) mass is 378 g/mol. The molecule has 0 aliphatic carbocycles. The molecule has 0 spiro atoms. The lowest BCUT2D eigenvalue weighted by Crippen LogP contribution is -2.19. The number of ether oxygens (including phenoxy) is 1. The predicted octanol–water partition coefficient (Wildman–Crippen LogP) is 5.34. The van der Waals surface area contributed by atoms with E-state index < -0.39 is 8.07 Å². The second-order valence-corrected chi connectivity index (χ2v) is 13.1. The number of hydrogen-bond acceptors (Lipinski definition) is 3. The van der Waals surface area contributed by atoms with Crippen LogP contribution in [0.5, 0.6) is 0 Å². The van der Waals surface area contributed by atoms with E-state index in [0.717, 1.165) is 40.8 Å².